The summed E-state index contributed by atoms with van der Waals surface area (Å²) >= 11 is 0. The number of aromatic nitrogens is 2. The molecule has 0 atom stereocenters. The lowest BCUT2D eigenvalue weighted by molar-refractivity contribution is -0.286. The molecule has 1 aromatic carbocycles. The summed E-state index contributed by atoms with van der Waals surface area (Å²) in [7, 11) is 0. The molecule has 0 bridgehead atoms. The molecule has 23 heavy (non-hydrogen) atoms. The molecule has 0 fully saturated rings. The summed E-state index contributed by atoms with van der Waals surface area (Å²) in [5.74, 6) is -1.06. The Morgan fingerprint density at radius 2 is 1.65 bits per heavy atom. The van der Waals surface area contributed by atoms with Crippen LogP contribution in [0.4, 0.5) is 8.78 Å². The summed E-state index contributed by atoms with van der Waals surface area (Å²) in [6, 6.07) is 5.31. The van der Waals surface area contributed by atoms with Gasteiger partial charge in [0.05, 0.1) is 0 Å². The predicted octanol–water partition coefficient (Wildman–Crippen LogP) is 2.64. The Morgan fingerprint density at radius 1 is 1.00 bits per heavy atom. The zero-order chi connectivity index (χ0) is 16.4. The maximum Gasteiger partial charge on any atom is 0.586 e. The van der Waals surface area contributed by atoms with Crippen molar-refractivity contribution < 1.29 is 27.8 Å². The van der Waals surface area contributed by atoms with Crippen LogP contribution in [-0.2, 0) is 0 Å². The Labute approximate surface area is 129 Å². The second-order valence-electron chi connectivity index (χ2n) is 4.75. The summed E-state index contributed by atoms with van der Waals surface area (Å²) in [6.45, 7) is 0. The number of ether oxygens (including phenoxy) is 2. The number of Topliss-reactive ketones (excluding diaryl/α,β-unsaturated/α-hetero) is 2. The smallest absolute Gasteiger partial charge is 0.395 e. The lowest BCUT2D eigenvalue weighted by Crippen LogP contribution is -2.25. The third-order valence-corrected chi connectivity index (χ3v) is 3.12. The van der Waals surface area contributed by atoms with Gasteiger partial charge in [0.1, 0.15) is 0 Å². The van der Waals surface area contributed by atoms with Gasteiger partial charge in [0.2, 0.25) is 0 Å². The van der Waals surface area contributed by atoms with Crippen LogP contribution in [0.2, 0.25) is 0 Å². The van der Waals surface area contributed by atoms with Gasteiger partial charge in [-0.15, -0.1) is 8.78 Å². The van der Waals surface area contributed by atoms with E-state index < -0.39 is 6.29 Å². The van der Waals surface area contributed by atoms with E-state index in [2.05, 4.69) is 19.4 Å². The fraction of sp³-hybridized carbons (Fsp3) is 0.200. The number of fused-ring (bicyclic) bond motifs is 1. The van der Waals surface area contributed by atoms with Crippen LogP contribution in [0.15, 0.2) is 36.7 Å². The fourth-order valence-corrected chi connectivity index (χ4v) is 2.05. The van der Waals surface area contributed by atoms with E-state index in [4.69, 9.17) is 0 Å². The summed E-state index contributed by atoms with van der Waals surface area (Å²) in [5.41, 5.74) is 0.159. The first kappa shape index (κ1) is 15.0. The highest BCUT2D eigenvalue weighted by atomic mass is 19.3. The molecule has 6 nitrogen and oxygen atoms in total. The number of carbonyl (C=O) groups is 2. The van der Waals surface area contributed by atoms with Crippen molar-refractivity contribution in [3.8, 4) is 11.5 Å². The molecule has 2 aromatic rings. The number of benzene rings is 1. The van der Waals surface area contributed by atoms with Crippen LogP contribution in [0.5, 0.6) is 11.5 Å². The third-order valence-electron chi connectivity index (χ3n) is 3.12. The molecule has 3 rings (SSSR count). The van der Waals surface area contributed by atoms with E-state index in [0.717, 1.165) is 0 Å². The van der Waals surface area contributed by atoms with E-state index in [9.17, 15) is 18.4 Å². The monoisotopic (exact) mass is 320 g/mol. The number of carbonyl (C=O) groups excluding carboxylic acids is 2. The number of nitrogens with zero attached hydrogens (tertiary/aromatic N) is 2. The first-order valence-corrected chi connectivity index (χ1v) is 6.68. The summed E-state index contributed by atoms with van der Waals surface area (Å²) in [5, 5.41) is 0. The quantitative estimate of drug-likeness (QED) is 0.788. The summed E-state index contributed by atoms with van der Waals surface area (Å²) in [4.78, 5) is 31.5. The van der Waals surface area contributed by atoms with Gasteiger partial charge in [-0.25, -0.2) is 9.97 Å². The van der Waals surface area contributed by atoms with Crippen molar-refractivity contribution in [1.82, 2.24) is 9.97 Å². The van der Waals surface area contributed by atoms with Crippen LogP contribution < -0.4 is 9.47 Å². The third kappa shape index (κ3) is 3.31. The Balaban J connectivity index is 1.65. The number of hydrogen-bond donors (Lipinski definition) is 0. The van der Waals surface area contributed by atoms with E-state index in [1.807, 2.05) is 0 Å². The van der Waals surface area contributed by atoms with Crippen LogP contribution in [0, 0.1) is 0 Å². The highest BCUT2D eigenvalue weighted by Crippen LogP contribution is 2.41. The maximum absolute atomic E-state index is 12.9. The maximum atomic E-state index is 12.9. The van der Waals surface area contributed by atoms with Crippen molar-refractivity contribution in [2.24, 2.45) is 0 Å². The molecule has 0 saturated carbocycles. The molecular formula is C15H10F2N2O4. The summed E-state index contributed by atoms with van der Waals surface area (Å²) in [6.07, 6.45) is -1.04. The Hall–Kier alpha value is -2.90. The zero-order valence-corrected chi connectivity index (χ0v) is 11.7. The Bertz CT molecular complexity index is 765. The van der Waals surface area contributed by atoms with Gasteiger partial charge in [0, 0.05) is 30.8 Å². The first-order valence-electron chi connectivity index (χ1n) is 6.68. The molecule has 0 spiro atoms. The van der Waals surface area contributed by atoms with Crippen LogP contribution in [-0.4, -0.2) is 27.8 Å². The molecule has 0 radical (unpaired) electrons. The normalized spacial score (nSPS) is 14.5. The highest BCUT2D eigenvalue weighted by molar-refractivity contribution is 6.01. The standard InChI is InChI=1S/C15H10F2N2O4/c16-15(17)22-12-5-2-9(8-13(12)23-15)10(20)3-4-11(21)14-18-6-1-7-19-14/h1-2,5-8H,3-4H2. The SMILES string of the molecule is O=C(CCC(=O)c1ncccn1)c1ccc2c(c1)OC(F)(F)O2. The van der Waals surface area contributed by atoms with Crippen LogP contribution in [0.25, 0.3) is 0 Å². The topological polar surface area (TPSA) is 78.4 Å². The van der Waals surface area contributed by atoms with Crippen molar-refractivity contribution in [3.05, 3.63) is 48.0 Å². The van der Waals surface area contributed by atoms with Gasteiger partial charge >= 0.3 is 6.29 Å². The molecule has 1 aromatic heterocycles. The number of halogens is 2. The number of alkyl halides is 2. The molecular weight excluding hydrogens is 310 g/mol. The Kier molecular flexibility index (Phi) is 3.73. The number of ketones is 2. The van der Waals surface area contributed by atoms with E-state index in [1.54, 1.807) is 6.07 Å². The number of hydrogen-bond acceptors (Lipinski definition) is 6. The lowest BCUT2D eigenvalue weighted by atomic mass is 10.0. The summed E-state index contributed by atoms with van der Waals surface area (Å²) < 4.78 is 34.4. The van der Waals surface area contributed by atoms with Crippen molar-refractivity contribution in [2.75, 3.05) is 0 Å². The van der Waals surface area contributed by atoms with E-state index >= 15 is 0 Å². The van der Waals surface area contributed by atoms with E-state index in [1.165, 1.54) is 30.6 Å². The van der Waals surface area contributed by atoms with Crippen LogP contribution in [0.1, 0.15) is 33.8 Å². The molecule has 2 heterocycles. The minimum atomic E-state index is -3.73. The average Bonchev–Trinajstić information content (AvgIpc) is 2.85. The molecule has 8 heteroatoms. The van der Waals surface area contributed by atoms with Gasteiger partial charge < -0.3 is 9.47 Å². The number of rotatable bonds is 5. The average molecular weight is 320 g/mol. The van der Waals surface area contributed by atoms with Gasteiger partial charge in [-0.2, -0.15) is 0 Å². The largest absolute Gasteiger partial charge is 0.586 e. The van der Waals surface area contributed by atoms with Crippen molar-refractivity contribution >= 4 is 11.6 Å². The molecule has 0 aliphatic carbocycles. The Morgan fingerprint density at radius 3 is 2.39 bits per heavy atom. The zero-order valence-electron chi connectivity index (χ0n) is 11.7. The van der Waals surface area contributed by atoms with Crippen LogP contribution >= 0.6 is 0 Å². The second kappa shape index (κ2) is 5.71. The van der Waals surface area contributed by atoms with Gasteiger partial charge in [-0.1, -0.05) is 0 Å². The first-order chi connectivity index (χ1) is 10.9. The van der Waals surface area contributed by atoms with Crippen molar-refractivity contribution in [1.29, 1.82) is 0 Å². The molecule has 1 aliphatic rings. The van der Waals surface area contributed by atoms with Gasteiger partial charge in [0.15, 0.2) is 28.9 Å². The molecule has 0 amide bonds. The molecule has 0 saturated heterocycles. The molecule has 0 unspecified atom stereocenters. The fourth-order valence-electron chi connectivity index (χ4n) is 2.05. The van der Waals surface area contributed by atoms with Gasteiger partial charge in [0.25, 0.3) is 0 Å². The van der Waals surface area contributed by atoms with E-state index in [0.29, 0.717) is 0 Å². The van der Waals surface area contributed by atoms with E-state index in [-0.39, 0.29) is 47.3 Å². The minimum Gasteiger partial charge on any atom is -0.395 e. The molecule has 1 aliphatic heterocycles. The van der Waals surface area contributed by atoms with Crippen LogP contribution in [0.3, 0.4) is 0 Å². The lowest BCUT2D eigenvalue weighted by Gasteiger charge is -2.04. The predicted molar refractivity (Wildman–Crippen MR) is 72.6 cm³/mol. The van der Waals surface area contributed by atoms with Gasteiger partial charge in [-0.05, 0) is 24.3 Å². The van der Waals surface area contributed by atoms with Crippen molar-refractivity contribution in [3.63, 3.8) is 0 Å². The van der Waals surface area contributed by atoms with Gasteiger partial charge in [-0.3, -0.25) is 9.59 Å². The molecule has 0 N–H and O–H groups in total. The minimum absolute atomic E-state index is 0.0330. The second-order valence-corrected chi connectivity index (χ2v) is 4.75. The highest BCUT2D eigenvalue weighted by Gasteiger charge is 2.43. The molecule has 118 valence electrons. The van der Waals surface area contributed by atoms with Crippen molar-refractivity contribution in [2.45, 2.75) is 19.1 Å².